The minimum atomic E-state index is 0.601. The standard InChI is InChI=1S/C13H15BrN2O/c1-17-9-10-2-3-16(8-10)13-5-11(7-15)4-12(14)6-13/h4-6,10H,2-3,8-9H2,1H3. The Morgan fingerprint density at radius 2 is 2.35 bits per heavy atom. The molecule has 0 N–H and O–H groups in total. The number of hydrogen-bond acceptors (Lipinski definition) is 3. The van der Waals surface area contributed by atoms with Crippen LogP contribution in [0, 0.1) is 17.2 Å². The van der Waals surface area contributed by atoms with Gasteiger partial charge in [-0.2, -0.15) is 5.26 Å². The van der Waals surface area contributed by atoms with E-state index in [4.69, 9.17) is 10.00 Å². The van der Waals surface area contributed by atoms with Gasteiger partial charge in [0.2, 0.25) is 0 Å². The van der Waals surface area contributed by atoms with E-state index in [-0.39, 0.29) is 0 Å². The van der Waals surface area contributed by atoms with Crippen molar-refractivity contribution in [2.45, 2.75) is 6.42 Å². The highest BCUT2D eigenvalue weighted by Gasteiger charge is 2.22. The quantitative estimate of drug-likeness (QED) is 0.860. The van der Waals surface area contributed by atoms with Gasteiger partial charge in [-0.3, -0.25) is 0 Å². The predicted octanol–water partition coefficient (Wildman–Crippen LogP) is 2.79. The Morgan fingerprint density at radius 3 is 3.06 bits per heavy atom. The molecule has 0 bridgehead atoms. The van der Waals surface area contributed by atoms with Gasteiger partial charge in [-0.05, 0) is 24.6 Å². The molecule has 0 amide bonds. The fourth-order valence-electron chi connectivity index (χ4n) is 2.26. The molecule has 90 valence electrons. The topological polar surface area (TPSA) is 36.3 Å². The summed E-state index contributed by atoms with van der Waals surface area (Å²) in [6.45, 7) is 2.86. The van der Waals surface area contributed by atoms with Crippen LogP contribution in [-0.2, 0) is 4.74 Å². The van der Waals surface area contributed by atoms with Crippen LogP contribution >= 0.6 is 15.9 Å². The lowest BCUT2D eigenvalue weighted by Crippen LogP contribution is -2.21. The molecule has 0 spiro atoms. The van der Waals surface area contributed by atoms with Crippen LogP contribution in [0.2, 0.25) is 0 Å². The van der Waals surface area contributed by atoms with E-state index in [1.807, 2.05) is 12.1 Å². The van der Waals surface area contributed by atoms with Crippen molar-refractivity contribution in [2.24, 2.45) is 5.92 Å². The van der Waals surface area contributed by atoms with Crippen LogP contribution in [0.5, 0.6) is 0 Å². The lowest BCUT2D eigenvalue weighted by Gasteiger charge is -2.19. The van der Waals surface area contributed by atoms with Gasteiger partial charge in [0.25, 0.3) is 0 Å². The molecule has 0 aromatic heterocycles. The fourth-order valence-corrected chi connectivity index (χ4v) is 2.74. The Balaban J connectivity index is 2.13. The van der Waals surface area contributed by atoms with Crippen LogP contribution in [0.15, 0.2) is 22.7 Å². The number of nitrogens with zero attached hydrogens (tertiary/aromatic N) is 2. The van der Waals surface area contributed by atoms with Gasteiger partial charge in [0.05, 0.1) is 18.2 Å². The number of methoxy groups -OCH3 is 1. The first-order valence-corrected chi connectivity index (χ1v) is 6.47. The smallest absolute Gasteiger partial charge is 0.0992 e. The number of benzene rings is 1. The molecule has 1 aromatic rings. The molecule has 17 heavy (non-hydrogen) atoms. The number of halogens is 1. The van der Waals surface area contributed by atoms with Crippen molar-refractivity contribution in [2.75, 3.05) is 31.7 Å². The second kappa shape index (κ2) is 5.52. The van der Waals surface area contributed by atoms with Crippen molar-refractivity contribution in [3.63, 3.8) is 0 Å². The average molecular weight is 295 g/mol. The Bertz CT molecular complexity index is 442. The summed E-state index contributed by atoms with van der Waals surface area (Å²) in [7, 11) is 1.75. The third-order valence-corrected chi connectivity index (χ3v) is 3.52. The van der Waals surface area contributed by atoms with E-state index < -0.39 is 0 Å². The lowest BCUT2D eigenvalue weighted by atomic mass is 10.1. The van der Waals surface area contributed by atoms with Gasteiger partial charge in [0.15, 0.2) is 0 Å². The van der Waals surface area contributed by atoms with Crippen molar-refractivity contribution in [3.05, 3.63) is 28.2 Å². The Morgan fingerprint density at radius 1 is 1.53 bits per heavy atom. The van der Waals surface area contributed by atoms with E-state index in [0.29, 0.717) is 11.5 Å². The summed E-state index contributed by atoms with van der Waals surface area (Å²) in [6, 6.07) is 8.04. The normalized spacial score (nSPS) is 19.4. The molecule has 0 radical (unpaired) electrons. The van der Waals surface area contributed by atoms with Crippen LogP contribution in [0.4, 0.5) is 5.69 Å². The summed E-state index contributed by atoms with van der Waals surface area (Å²) >= 11 is 3.44. The van der Waals surface area contributed by atoms with E-state index in [2.05, 4.69) is 33.0 Å². The summed E-state index contributed by atoms with van der Waals surface area (Å²) in [5.74, 6) is 0.601. The summed E-state index contributed by atoms with van der Waals surface area (Å²) in [5, 5.41) is 8.96. The van der Waals surface area contributed by atoms with Crippen LogP contribution < -0.4 is 4.90 Å². The zero-order valence-electron chi connectivity index (χ0n) is 9.82. The average Bonchev–Trinajstić information content (AvgIpc) is 2.77. The maximum absolute atomic E-state index is 8.96. The maximum atomic E-state index is 8.96. The van der Waals surface area contributed by atoms with E-state index >= 15 is 0 Å². The van der Waals surface area contributed by atoms with Gasteiger partial charge in [-0.25, -0.2) is 0 Å². The minimum absolute atomic E-state index is 0.601. The first-order chi connectivity index (χ1) is 8.22. The van der Waals surface area contributed by atoms with Crippen LogP contribution in [-0.4, -0.2) is 26.8 Å². The molecule has 0 saturated carbocycles. The zero-order valence-corrected chi connectivity index (χ0v) is 11.4. The first-order valence-electron chi connectivity index (χ1n) is 5.67. The zero-order chi connectivity index (χ0) is 12.3. The highest BCUT2D eigenvalue weighted by molar-refractivity contribution is 9.10. The van der Waals surface area contributed by atoms with Crippen molar-refractivity contribution in [1.82, 2.24) is 0 Å². The Kier molecular flexibility index (Phi) is 4.03. The van der Waals surface area contributed by atoms with Gasteiger partial charge in [0, 0.05) is 36.3 Å². The molecule has 1 aliphatic heterocycles. The Labute approximate surface area is 110 Å². The molecule has 1 aromatic carbocycles. The molecule has 1 heterocycles. The first kappa shape index (κ1) is 12.4. The second-order valence-corrected chi connectivity index (χ2v) is 5.28. The van der Waals surface area contributed by atoms with E-state index in [1.54, 1.807) is 7.11 Å². The Hall–Kier alpha value is -1.05. The predicted molar refractivity (Wildman–Crippen MR) is 71.1 cm³/mol. The van der Waals surface area contributed by atoms with E-state index in [0.717, 1.165) is 36.3 Å². The van der Waals surface area contributed by atoms with Crippen LogP contribution in [0.25, 0.3) is 0 Å². The van der Waals surface area contributed by atoms with Crippen molar-refractivity contribution < 1.29 is 4.74 Å². The van der Waals surface area contributed by atoms with Crippen molar-refractivity contribution in [1.29, 1.82) is 5.26 Å². The molecule has 4 heteroatoms. The van der Waals surface area contributed by atoms with Crippen LogP contribution in [0.1, 0.15) is 12.0 Å². The molecular weight excluding hydrogens is 280 g/mol. The minimum Gasteiger partial charge on any atom is -0.384 e. The van der Waals surface area contributed by atoms with Gasteiger partial charge in [0.1, 0.15) is 0 Å². The van der Waals surface area contributed by atoms with Crippen LogP contribution in [0.3, 0.4) is 0 Å². The molecule has 2 rings (SSSR count). The van der Waals surface area contributed by atoms with E-state index in [9.17, 15) is 0 Å². The number of anilines is 1. The largest absolute Gasteiger partial charge is 0.384 e. The third kappa shape index (κ3) is 2.99. The van der Waals surface area contributed by atoms with Gasteiger partial charge >= 0.3 is 0 Å². The SMILES string of the molecule is COCC1CCN(c2cc(Br)cc(C#N)c2)C1. The second-order valence-electron chi connectivity index (χ2n) is 4.37. The maximum Gasteiger partial charge on any atom is 0.0992 e. The van der Waals surface area contributed by atoms with E-state index in [1.165, 1.54) is 0 Å². The molecule has 1 fully saturated rings. The third-order valence-electron chi connectivity index (χ3n) is 3.07. The van der Waals surface area contributed by atoms with Crippen molar-refractivity contribution in [3.8, 4) is 6.07 Å². The summed E-state index contributed by atoms with van der Waals surface area (Å²) in [6.07, 6.45) is 1.16. The van der Waals surface area contributed by atoms with Gasteiger partial charge in [-0.1, -0.05) is 15.9 Å². The number of ether oxygens (including phenoxy) is 1. The molecule has 1 saturated heterocycles. The lowest BCUT2D eigenvalue weighted by molar-refractivity contribution is 0.161. The molecule has 1 aliphatic rings. The summed E-state index contributed by atoms with van der Waals surface area (Å²) < 4.78 is 6.15. The number of rotatable bonds is 3. The number of nitriles is 1. The highest BCUT2D eigenvalue weighted by atomic mass is 79.9. The van der Waals surface area contributed by atoms with Gasteiger partial charge < -0.3 is 9.64 Å². The highest BCUT2D eigenvalue weighted by Crippen LogP contribution is 2.27. The monoisotopic (exact) mass is 294 g/mol. The molecule has 3 nitrogen and oxygen atoms in total. The molecule has 1 unspecified atom stereocenters. The van der Waals surface area contributed by atoms with Gasteiger partial charge in [-0.15, -0.1) is 0 Å². The summed E-state index contributed by atoms with van der Waals surface area (Å²) in [5.41, 5.74) is 1.82. The number of hydrogen-bond donors (Lipinski definition) is 0. The molecule has 0 aliphatic carbocycles. The molecule has 1 atom stereocenters. The molecular formula is C13H15BrN2O. The fraction of sp³-hybridized carbons (Fsp3) is 0.462. The summed E-state index contributed by atoms with van der Waals surface area (Å²) in [4.78, 5) is 2.31. The van der Waals surface area contributed by atoms with Crippen molar-refractivity contribution >= 4 is 21.6 Å².